The second kappa shape index (κ2) is 8.21. The molecular weight excluding hydrogens is 438 g/mol. The molecule has 168 valence electrons. The van der Waals surface area contributed by atoms with Gasteiger partial charge in [0.2, 0.25) is 0 Å². The van der Waals surface area contributed by atoms with E-state index in [1.807, 2.05) is 31.1 Å². The van der Waals surface area contributed by atoms with E-state index in [-0.39, 0.29) is 42.1 Å². The third kappa shape index (κ3) is 3.86. The highest BCUT2D eigenvalue weighted by Crippen LogP contribution is 2.31. The SMILES string of the molecule is CN(C)c1ccc(C(=O)Nc2nc3nc(O[C@@H]4CO[C@H]5[C@@H]4OC[C@H]5O)[nH]c3cc2Cl)cc1. The van der Waals surface area contributed by atoms with Crippen molar-refractivity contribution in [3.63, 3.8) is 0 Å². The number of aliphatic hydroxyl groups is 1. The number of H-pyrrole nitrogens is 1. The zero-order chi connectivity index (χ0) is 22.4. The van der Waals surface area contributed by atoms with Gasteiger partial charge in [0, 0.05) is 25.3 Å². The lowest BCUT2D eigenvalue weighted by atomic mass is 10.1. The average Bonchev–Trinajstić information content (AvgIpc) is 3.45. The molecule has 0 bridgehead atoms. The molecule has 2 aliphatic heterocycles. The van der Waals surface area contributed by atoms with E-state index in [0.29, 0.717) is 16.7 Å². The first-order valence-electron chi connectivity index (χ1n) is 10.1. The number of aliphatic hydroxyl groups excluding tert-OH is 1. The smallest absolute Gasteiger partial charge is 0.296 e. The second-order valence-corrected chi connectivity index (χ2v) is 8.35. The highest BCUT2D eigenvalue weighted by Gasteiger charge is 2.48. The molecular formula is C21H22ClN5O5. The van der Waals surface area contributed by atoms with E-state index in [4.69, 9.17) is 25.8 Å². The summed E-state index contributed by atoms with van der Waals surface area (Å²) in [7, 11) is 3.86. The maximum atomic E-state index is 12.6. The van der Waals surface area contributed by atoms with Gasteiger partial charge in [-0.3, -0.25) is 4.79 Å². The van der Waals surface area contributed by atoms with Crippen LogP contribution < -0.4 is 15.0 Å². The zero-order valence-corrected chi connectivity index (χ0v) is 18.2. The van der Waals surface area contributed by atoms with Crippen LogP contribution in [0.25, 0.3) is 11.2 Å². The standard InChI is InChI=1S/C21H22ClN5O5/c1-27(2)11-5-3-10(4-6-11)20(29)25-18-12(22)7-13-19(24-18)26-21(23-13)32-15-9-31-16-14(28)8-30-17(15)16/h3-7,14-17,28H,8-9H2,1-2H3,(H2,23,24,25,26,29)/t14-,15-,16-,17-/m1/s1. The predicted octanol–water partition coefficient (Wildman–Crippen LogP) is 1.84. The van der Waals surface area contributed by atoms with Crippen LogP contribution in [0.2, 0.25) is 5.02 Å². The fraction of sp³-hybridized carbons (Fsp3) is 0.381. The molecule has 0 unspecified atom stereocenters. The number of fused-ring (bicyclic) bond motifs is 2. The average molecular weight is 460 g/mol. The largest absolute Gasteiger partial charge is 0.456 e. The molecule has 5 rings (SSSR count). The van der Waals surface area contributed by atoms with Gasteiger partial charge in [0.15, 0.2) is 17.6 Å². The van der Waals surface area contributed by atoms with Crippen molar-refractivity contribution < 1.29 is 24.1 Å². The first-order chi connectivity index (χ1) is 15.4. The lowest BCUT2D eigenvalue weighted by Crippen LogP contribution is -2.34. The molecule has 3 N–H and O–H groups in total. The van der Waals surface area contributed by atoms with Crippen molar-refractivity contribution in [3.8, 4) is 6.01 Å². The van der Waals surface area contributed by atoms with Gasteiger partial charge in [0.25, 0.3) is 11.9 Å². The fourth-order valence-corrected chi connectivity index (χ4v) is 4.02. The number of aromatic nitrogens is 3. The summed E-state index contributed by atoms with van der Waals surface area (Å²) in [5.74, 6) is -0.132. The Labute approximate surface area is 188 Å². The van der Waals surface area contributed by atoms with E-state index in [1.54, 1.807) is 18.2 Å². The number of amides is 1. The molecule has 1 amide bonds. The van der Waals surface area contributed by atoms with Crippen LogP contribution in [0.15, 0.2) is 30.3 Å². The highest BCUT2D eigenvalue weighted by atomic mass is 35.5. The fourth-order valence-electron chi connectivity index (χ4n) is 3.82. The number of nitrogens with zero attached hydrogens (tertiary/aromatic N) is 3. The number of aromatic amines is 1. The van der Waals surface area contributed by atoms with E-state index >= 15 is 0 Å². The quantitative estimate of drug-likeness (QED) is 0.528. The number of carbonyl (C=O) groups excluding carboxylic acids is 1. The minimum atomic E-state index is -0.657. The molecule has 0 radical (unpaired) electrons. The number of carbonyl (C=O) groups is 1. The van der Waals surface area contributed by atoms with Crippen LogP contribution >= 0.6 is 11.6 Å². The summed E-state index contributed by atoms with van der Waals surface area (Å²) in [4.78, 5) is 26.3. The molecule has 0 saturated carbocycles. The third-order valence-electron chi connectivity index (χ3n) is 5.53. The summed E-state index contributed by atoms with van der Waals surface area (Å²) >= 11 is 6.33. The molecule has 0 aliphatic carbocycles. The van der Waals surface area contributed by atoms with Gasteiger partial charge in [-0.05, 0) is 30.3 Å². The first kappa shape index (κ1) is 21.0. The normalized spacial score (nSPS) is 24.5. The van der Waals surface area contributed by atoms with E-state index in [0.717, 1.165) is 5.69 Å². The molecule has 4 heterocycles. The van der Waals surface area contributed by atoms with Crippen LogP contribution in [0.4, 0.5) is 11.5 Å². The van der Waals surface area contributed by atoms with Crippen LogP contribution in [0.3, 0.4) is 0 Å². The number of nitrogens with one attached hydrogen (secondary N) is 2. The summed E-state index contributed by atoms with van der Waals surface area (Å²) in [5, 5.41) is 12.8. The van der Waals surface area contributed by atoms with Gasteiger partial charge in [-0.2, -0.15) is 4.98 Å². The Morgan fingerprint density at radius 1 is 1.22 bits per heavy atom. The van der Waals surface area contributed by atoms with Gasteiger partial charge in [-0.25, -0.2) is 4.98 Å². The van der Waals surface area contributed by atoms with Crippen molar-refractivity contribution in [3.05, 3.63) is 40.9 Å². The summed E-state index contributed by atoms with van der Waals surface area (Å²) in [6.45, 7) is 0.499. The maximum absolute atomic E-state index is 12.6. The Morgan fingerprint density at radius 2 is 1.97 bits per heavy atom. The van der Waals surface area contributed by atoms with Gasteiger partial charge < -0.3 is 34.5 Å². The summed E-state index contributed by atoms with van der Waals surface area (Å²) < 4.78 is 17.0. The van der Waals surface area contributed by atoms with Crippen LogP contribution in [0.1, 0.15) is 10.4 Å². The minimum Gasteiger partial charge on any atom is -0.456 e. The number of anilines is 2. The van der Waals surface area contributed by atoms with E-state index in [9.17, 15) is 9.90 Å². The van der Waals surface area contributed by atoms with Crippen LogP contribution in [0.5, 0.6) is 6.01 Å². The van der Waals surface area contributed by atoms with Crippen molar-refractivity contribution in [2.45, 2.75) is 24.4 Å². The Hall–Kier alpha value is -2.92. The monoisotopic (exact) mass is 459 g/mol. The summed E-state index contributed by atoms with van der Waals surface area (Å²) in [6.07, 6.45) is -1.82. The molecule has 10 nitrogen and oxygen atoms in total. The number of hydrogen-bond donors (Lipinski definition) is 3. The van der Waals surface area contributed by atoms with Crippen molar-refractivity contribution in [2.24, 2.45) is 0 Å². The van der Waals surface area contributed by atoms with Crippen LogP contribution in [0, 0.1) is 0 Å². The second-order valence-electron chi connectivity index (χ2n) is 7.95. The van der Waals surface area contributed by atoms with E-state index in [1.165, 1.54) is 0 Å². The third-order valence-corrected chi connectivity index (χ3v) is 5.82. The Morgan fingerprint density at radius 3 is 2.72 bits per heavy atom. The molecule has 1 aromatic carbocycles. The van der Waals surface area contributed by atoms with Gasteiger partial charge in [0.05, 0.1) is 23.8 Å². The van der Waals surface area contributed by atoms with Crippen molar-refractivity contribution in [2.75, 3.05) is 37.5 Å². The molecule has 4 atom stereocenters. The Balaban J connectivity index is 1.32. The number of hydrogen-bond acceptors (Lipinski definition) is 8. The summed E-state index contributed by atoms with van der Waals surface area (Å²) in [6, 6.07) is 9.03. The van der Waals surface area contributed by atoms with E-state index < -0.39 is 18.3 Å². The van der Waals surface area contributed by atoms with E-state index in [2.05, 4.69) is 20.3 Å². The molecule has 2 fully saturated rings. The number of benzene rings is 1. The molecule has 2 aliphatic rings. The Kier molecular flexibility index (Phi) is 5.38. The molecule has 2 saturated heterocycles. The molecule has 32 heavy (non-hydrogen) atoms. The minimum absolute atomic E-state index is 0.199. The first-order valence-corrected chi connectivity index (χ1v) is 10.5. The molecule has 2 aromatic heterocycles. The van der Waals surface area contributed by atoms with Crippen LogP contribution in [-0.2, 0) is 9.47 Å². The topological polar surface area (TPSA) is 122 Å². The van der Waals surface area contributed by atoms with Crippen molar-refractivity contribution in [1.29, 1.82) is 0 Å². The Bertz CT molecular complexity index is 1150. The van der Waals surface area contributed by atoms with Crippen LogP contribution in [-0.4, -0.2) is 77.7 Å². The molecule has 11 heteroatoms. The maximum Gasteiger partial charge on any atom is 0.296 e. The van der Waals surface area contributed by atoms with Crippen molar-refractivity contribution in [1.82, 2.24) is 15.0 Å². The van der Waals surface area contributed by atoms with Gasteiger partial charge in [-0.15, -0.1) is 0 Å². The zero-order valence-electron chi connectivity index (χ0n) is 17.4. The number of halogens is 1. The molecule has 0 spiro atoms. The lowest BCUT2D eigenvalue weighted by molar-refractivity contribution is 0.00706. The van der Waals surface area contributed by atoms with Gasteiger partial charge in [-0.1, -0.05) is 11.6 Å². The number of rotatable bonds is 5. The molecule has 3 aromatic rings. The lowest BCUT2D eigenvalue weighted by Gasteiger charge is -2.15. The number of imidazole rings is 1. The van der Waals surface area contributed by atoms with Crippen molar-refractivity contribution >= 4 is 40.2 Å². The number of ether oxygens (including phenoxy) is 3. The summed E-state index contributed by atoms with van der Waals surface area (Å²) in [5.41, 5.74) is 2.36. The predicted molar refractivity (Wildman–Crippen MR) is 118 cm³/mol. The van der Waals surface area contributed by atoms with Gasteiger partial charge in [0.1, 0.15) is 18.3 Å². The number of pyridine rings is 1. The highest BCUT2D eigenvalue weighted by molar-refractivity contribution is 6.34. The van der Waals surface area contributed by atoms with Gasteiger partial charge >= 0.3 is 0 Å².